The zero-order valence-corrected chi connectivity index (χ0v) is 21.7. The molecule has 2 aliphatic rings. The molecular formula is C30H25ClN6O2. The van der Waals surface area contributed by atoms with Gasteiger partial charge in [-0.1, -0.05) is 36.1 Å². The van der Waals surface area contributed by atoms with Gasteiger partial charge in [0.05, 0.1) is 27.5 Å². The van der Waals surface area contributed by atoms with E-state index in [2.05, 4.69) is 49.3 Å². The van der Waals surface area contributed by atoms with Crippen LogP contribution in [0.15, 0.2) is 73.7 Å². The van der Waals surface area contributed by atoms with Crippen LogP contribution >= 0.6 is 11.6 Å². The molecule has 9 heteroatoms. The number of nitrogens with zero attached hydrogens (tertiary/aromatic N) is 3. The minimum atomic E-state index is -0.315. The second-order valence-corrected chi connectivity index (χ2v) is 9.90. The highest BCUT2D eigenvalue weighted by molar-refractivity contribution is 6.32. The van der Waals surface area contributed by atoms with Gasteiger partial charge >= 0.3 is 0 Å². The number of carbonyl (C=O) groups excluding carboxylic acids is 1. The number of carbonyl (C=O) groups is 1. The average molecular weight is 537 g/mol. The zero-order chi connectivity index (χ0) is 26.8. The fourth-order valence-electron chi connectivity index (χ4n) is 4.85. The molecule has 6 rings (SSSR count). The quantitative estimate of drug-likeness (QED) is 0.227. The maximum Gasteiger partial charge on any atom is 0.247 e. The number of ether oxygens (including phenoxy) is 1. The van der Waals surface area contributed by atoms with Crippen LogP contribution in [-0.4, -0.2) is 33.9 Å². The van der Waals surface area contributed by atoms with Crippen molar-refractivity contribution in [1.29, 1.82) is 0 Å². The minimum absolute atomic E-state index is 0.313. The molecule has 2 aromatic heterocycles. The van der Waals surface area contributed by atoms with E-state index < -0.39 is 0 Å². The van der Waals surface area contributed by atoms with E-state index >= 15 is 0 Å². The average Bonchev–Trinajstić information content (AvgIpc) is 3.37. The van der Waals surface area contributed by atoms with Gasteiger partial charge in [-0.15, -0.1) is 0 Å². The maximum atomic E-state index is 12.2. The van der Waals surface area contributed by atoms with Crippen molar-refractivity contribution in [3.63, 3.8) is 0 Å². The molecule has 3 atom stereocenters. The molecule has 8 nitrogen and oxygen atoms in total. The number of hydrogen-bond donors (Lipinski definition) is 3. The summed E-state index contributed by atoms with van der Waals surface area (Å²) in [5.74, 6) is 9.14. The van der Waals surface area contributed by atoms with Crippen LogP contribution in [0.2, 0.25) is 5.02 Å². The summed E-state index contributed by atoms with van der Waals surface area (Å²) in [5, 5.41) is 10.8. The lowest BCUT2D eigenvalue weighted by Crippen LogP contribution is -2.14. The standard InChI is InChI=1S/C30H25ClN6O2/c1-2-29(38)37-26-13-22-27(11-18(26)6-8-21-23-14-32-15-24(21)23)34-17-35-30(22)36-19-7-9-28(25(31)12-19)39-16-20-5-3-4-10-33-20/h2-5,7,9-13,17,21,23-24,32H,1,14-16H2,(H,37,38)(H,34,35,36)/t21?,23-,24?/m0/s1. The highest BCUT2D eigenvalue weighted by atomic mass is 35.5. The molecule has 0 bridgehead atoms. The summed E-state index contributed by atoms with van der Waals surface area (Å²) in [6, 6.07) is 14.8. The molecular weight excluding hydrogens is 512 g/mol. The normalized spacial score (nSPS) is 18.9. The first-order chi connectivity index (χ1) is 19.1. The fourth-order valence-corrected chi connectivity index (χ4v) is 5.09. The van der Waals surface area contributed by atoms with Crippen LogP contribution in [-0.2, 0) is 11.4 Å². The molecule has 2 aromatic carbocycles. The third kappa shape index (κ3) is 5.41. The first-order valence-corrected chi connectivity index (χ1v) is 13.0. The van der Waals surface area contributed by atoms with E-state index in [1.54, 1.807) is 18.3 Å². The highest BCUT2D eigenvalue weighted by Crippen LogP contribution is 2.48. The molecule has 4 aromatic rings. The summed E-state index contributed by atoms with van der Waals surface area (Å²) in [6.07, 6.45) is 4.45. The van der Waals surface area contributed by atoms with Gasteiger partial charge in [-0.25, -0.2) is 9.97 Å². The van der Waals surface area contributed by atoms with Crippen LogP contribution in [0.4, 0.5) is 17.2 Å². The van der Waals surface area contributed by atoms with Gasteiger partial charge in [-0.3, -0.25) is 9.78 Å². The number of fused-ring (bicyclic) bond motifs is 2. The molecule has 1 aliphatic heterocycles. The van der Waals surface area contributed by atoms with Gasteiger partial charge in [0.15, 0.2) is 0 Å². The van der Waals surface area contributed by atoms with Crippen molar-refractivity contribution in [2.45, 2.75) is 6.61 Å². The lowest BCUT2D eigenvalue weighted by Gasteiger charge is -2.13. The van der Waals surface area contributed by atoms with Crippen LogP contribution in [0.25, 0.3) is 10.9 Å². The summed E-state index contributed by atoms with van der Waals surface area (Å²) in [5.41, 5.74) is 3.52. The molecule has 2 unspecified atom stereocenters. The lowest BCUT2D eigenvalue weighted by molar-refractivity contribution is -0.111. The number of piperidine rings is 1. The van der Waals surface area contributed by atoms with E-state index in [0.717, 1.165) is 29.9 Å². The van der Waals surface area contributed by atoms with Gasteiger partial charge in [0, 0.05) is 23.2 Å². The topological polar surface area (TPSA) is 101 Å². The van der Waals surface area contributed by atoms with Crippen molar-refractivity contribution in [2.24, 2.45) is 17.8 Å². The number of benzene rings is 2. The molecule has 0 radical (unpaired) electrons. The highest BCUT2D eigenvalue weighted by Gasteiger charge is 2.51. The molecule has 3 heterocycles. The number of hydrogen-bond acceptors (Lipinski definition) is 7. The Labute approximate surface area is 230 Å². The number of anilines is 3. The van der Waals surface area contributed by atoms with Crippen molar-refractivity contribution in [1.82, 2.24) is 20.3 Å². The van der Waals surface area contributed by atoms with Crippen molar-refractivity contribution < 1.29 is 9.53 Å². The Morgan fingerprint density at radius 1 is 1.15 bits per heavy atom. The molecule has 1 saturated heterocycles. The molecule has 3 N–H and O–H groups in total. The summed E-state index contributed by atoms with van der Waals surface area (Å²) in [7, 11) is 0. The third-order valence-electron chi connectivity index (χ3n) is 6.98. The summed E-state index contributed by atoms with van der Waals surface area (Å²) >= 11 is 6.51. The number of aromatic nitrogens is 3. The first-order valence-electron chi connectivity index (χ1n) is 12.6. The van der Waals surface area contributed by atoms with Crippen LogP contribution in [0.5, 0.6) is 5.75 Å². The summed E-state index contributed by atoms with van der Waals surface area (Å²) in [4.78, 5) is 25.4. The van der Waals surface area contributed by atoms with Gasteiger partial charge in [-0.2, -0.15) is 0 Å². The fraction of sp³-hybridized carbons (Fsp3) is 0.200. The van der Waals surface area contributed by atoms with Crippen molar-refractivity contribution in [2.75, 3.05) is 23.7 Å². The molecule has 39 heavy (non-hydrogen) atoms. The predicted molar refractivity (Wildman–Crippen MR) is 152 cm³/mol. The number of amides is 1. The van der Waals surface area contributed by atoms with E-state index in [4.69, 9.17) is 16.3 Å². The minimum Gasteiger partial charge on any atom is -0.486 e. The second-order valence-electron chi connectivity index (χ2n) is 9.49. The Morgan fingerprint density at radius 3 is 2.79 bits per heavy atom. The van der Waals surface area contributed by atoms with E-state index in [-0.39, 0.29) is 5.91 Å². The monoisotopic (exact) mass is 536 g/mol. The molecule has 0 spiro atoms. The van der Waals surface area contributed by atoms with Crippen LogP contribution in [0.1, 0.15) is 11.3 Å². The SMILES string of the molecule is C=CC(=O)Nc1cc2c(Nc3ccc(OCc4ccccn4)c(Cl)c3)ncnc2cc1C#CC1C2CNC[C@@H]12. The van der Waals surface area contributed by atoms with Crippen LogP contribution < -0.4 is 20.7 Å². The second kappa shape index (κ2) is 10.7. The summed E-state index contributed by atoms with van der Waals surface area (Å²) in [6.45, 7) is 5.92. The first kappa shape index (κ1) is 24.9. The molecule has 1 amide bonds. The van der Waals surface area contributed by atoms with Gasteiger partial charge < -0.3 is 20.7 Å². The van der Waals surface area contributed by atoms with Gasteiger partial charge in [-0.05, 0) is 73.5 Å². The number of halogens is 1. The Bertz CT molecular complexity index is 1620. The van der Waals surface area contributed by atoms with Crippen LogP contribution in [0, 0.1) is 29.6 Å². The van der Waals surface area contributed by atoms with Crippen molar-refractivity contribution in [3.05, 3.63) is 90.0 Å². The number of nitrogens with one attached hydrogen (secondary N) is 3. The smallest absolute Gasteiger partial charge is 0.247 e. The maximum absolute atomic E-state index is 12.2. The van der Waals surface area contributed by atoms with Gasteiger partial charge in [0.25, 0.3) is 0 Å². The van der Waals surface area contributed by atoms with Gasteiger partial charge in [0.2, 0.25) is 5.91 Å². The Hall–Kier alpha value is -4.45. The zero-order valence-electron chi connectivity index (χ0n) is 20.9. The Balaban J connectivity index is 1.26. The van der Waals surface area contributed by atoms with Gasteiger partial charge in [0.1, 0.15) is 24.5 Å². The predicted octanol–water partition coefficient (Wildman–Crippen LogP) is 4.94. The number of rotatable bonds is 7. The third-order valence-corrected chi connectivity index (χ3v) is 7.27. The van der Waals surface area contributed by atoms with E-state index in [0.29, 0.717) is 57.7 Å². The molecule has 194 valence electrons. The van der Waals surface area contributed by atoms with Crippen molar-refractivity contribution >= 4 is 45.6 Å². The molecule has 1 aliphatic carbocycles. The van der Waals surface area contributed by atoms with Crippen LogP contribution in [0.3, 0.4) is 0 Å². The largest absolute Gasteiger partial charge is 0.486 e. The summed E-state index contributed by atoms with van der Waals surface area (Å²) < 4.78 is 5.83. The Kier molecular flexibility index (Phi) is 6.84. The number of pyridine rings is 1. The molecule has 2 fully saturated rings. The van der Waals surface area contributed by atoms with E-state index in [1.807, 2.05) is 36.4 Å². The Morgan fingerprint density at radius 2 is 2.03 bits per heavy atom. The molecule has 1 saturated carbocycles. The van der Waals surface area contributed by atoms with E-state index in [1.165, 1.54) is 12.4 Å². The van der Waals surface area contributed by atoms with Crippen molar-refractivity contribution in [3.8, 4) is 17.6 Å². The lowest BCUT2D eigenvalue weighted by atomic mass is 10.1. The van der Waals surface area contributed by atoms with E-state index in [9.17, 15) is 4.79 Å².